The highest BCUT2D eigenvalue weighted by Crippen LogP contribution is 2.30. The highest BCUT2D eigenvalue weighted by Gasteiger charge is 2.51. The van der Waals surface area contributed by atoms with Gasteiger partial charge in [0.1, 0.15) is 48.8 Å². The van der Waals surface area contributed by atoms with Crippen molar-refractivity contribution in [3.05, 3.63) is 122 Å². The van der Waals surface area contributed by atoms with Crippen LogP contribution in [0.4, 0.5) is 0 Å². The third-order valence-electron chi connectivity index (χ3n) is 11.4. The average Bonchev–Trinajstić information content (AvgIpc) is 3.35. The van der Waals surface area contributed by atoms with Crippen molar-refractivity contribution in [2.75, 3.05) is 19.8 Å². The Hall–Kier alpha value is -3.61. The summed E-state index contributed by atoms with van der Waals surface area (Å²) in [7, 11) is 0. The molecule has 0 radical (unpaired) electrons. The van der Waals surface area contributed by atoms with E-state index >= 15 is 0 Å². The second kappa shape index (κ2) is 40.0. The Labute approximate surface area is 412 Å². The molecule has 0 bridgehead atoms. The number of aliphatic hydroxyl groups excluding tert-OH is 8. The molecule has 2 aliphatic rings. The van der Waals surface area contributed by atoms with Gasteiger partial charge in [-0.05, 0) is 96.3 Å². The molecule has 390 valence electrons. The van der Waals surface area contributed by atoms with E-state index in [-0.39, 0.29) is 18.9 Å². The number of hydrogen-bond acceptors (Lipinski definition) is 13. The second-order valence-corrected chi connectivity index (χ2v) is 17.2. The van der Waals surface area contributed by atoms with Crippen LogP contribution < -0.4 is 5.32 Å². The van der Waals surface area contributed by atoms with Crippen molar-refractivity contribution in [1.29, 1.82) is 0 Å². The number of nitrogens with one attached hydrogen (secondary N) is 1. The minimum absolute atomic E-state index is 0.220. The lowest BCUT2D eigenvalue weighted by molar-refractivity contribution is -0.359. The van der Waals surface area contributed by atoms with E-state index in [9.17, 15) is 45.6 Å². The summed E-state index contributed by atoms with van der Waals surface area (Å²) in [6.07, 6.45) is 39.7. The van der Waals surface area contributed by atoms with Gasteiger partial charge in [0.15, 0.2) is 12.6 Å². The molecule has 14 nitrogen and oxygen atoms in total. The Morgan fingerprint density at radius 1 is 0.522 bits per heavy atom. The maximum atomic E-state index is 13.1. The summed E-state index contributed by atoms with van der Waals surface area (Å²) in [6.45, 7) is 2.45. The molecule has 9 N–H and O–H groups in total. The predicted octanol–water partition coefficient (Wildman–Crippen LogP) is 6.71. The van der Waals surface area contributed by atoms with Gasteiger partial charge in [-0.1, -0.05) is 142 Å². The lowest BCUT2D eigenvalue weighted by Gasteiger charge is -2.46. The van der Waals surface area contributed by atoms with Crippen molar-refractivity contribution in [1.82, 2.24) is 5.32 Å². The van der Waals surface area contributed by atoms with Gasteiger partial charge in [0.25, 0.3) is 0 Å². The van der Waals surface area contributed by atoms with Gasteiger partial charge in [-0.15, -0.1) is 0 Å². The van der Waals surface area contributed by atoms with Crippen LogP contribution in [0.1, 0.15) is 123 Å². The van der Waals surface area contributed by atoms with E-state index in [1.54, 1.807) is 6.08 Å². The van der Waals surface area contributed by atoms with Gasteiger partial charge < -0.3 is 65.1 Å². The van der Waals surface area contributed by atoms with Crippen LogP contribution in [0.15, 0.2) is 122 Å². The summed E-state index contributed by atoms with van der Waals surface area (Å²) in [6, 6.07) is -0.963. The van der Waals surface area contributed by atoms with Crippen molar-refractivity contribution >= 4 is 5.91 Å². The molecule has 2 saturated heterocycles. The van der Waals surface area contributed by atoms with Crippen molar-refractivity contribution in [2.24, 2.45) is 0 Å². The third-order valence-corrected chi connectivity index (χ3v) is 11.4. The van der Waals surface area contributed by atoms with E-state index < -0.39 is 86.8 Å². The Kier molecular flexibility index (Phi) is 35.7. The topological polar surface area (TPSA) is 228 Å². The predicted molar refractivity (Wildman–Crippen MR) is 272 cm³/mol. The molecule has 0 saturated carbocycles. The number of ether oxygens (including phenoxy) is 4. The van der Waals surface area contributed by atoms with Gasteiger partial charge in [0.2, 0.25) is 5.91 Å². The Bertz CT molecular complexity index is 1620. The molecule has 14 heteroatoms. The van der Waals surface area contributed by atoms with E-state index in [1.165, 1.54) is 0 Å². The molecular formula is C55H87NO13. The summed E-state index contributed by atoms with van der Waals surface area (Å²) in [4.78, 5) is 13.1. The number of aliphatic hydroxyl groups is 8. The first-order chi connectivity index (χ1) is 33.6. The fourth-order valence-corrected chi connectivity index (χ4v) is 7.31. The fourth-order valence-electron chi connectivity index (χ4n) is 7.31. The molecule has 0 aliphatic carbocycles. The minimum Gasteiger partial charge on any atom is -0.394 e. The molecule has 12 unspecified atom stereocenters. The van der Waals surface area contributed by atoms with E-state index in [0.29, 0.717) is 12.8 Å². The summed E-state index contributed by atoms with van der Waals surface area (Å²) in [5, 5.41) is 86.5. The van der Waals surface area contributed by atoms with Crippen LogP contribution in [0, 0.1) is 0 Å². The van der Waals surface area contributed by atoms with Crippen molar-refractivity contribution in [2.45, 2.75) is 197 Å². The largest absolute Gasteiger partial charge is 0.394 e. The van der Waals surface area contributed by atoms with Crippen LogP contribution in [0.25, 0.3) is 0 Å². The first-order valence-corrected chi connectivity index (χ1v) is 25.3. The molecule has 2 fully saturated rings. The molecule has 0 aromatic carbocycles. The van der Waals surface area contributed by atoms with Crippen LogP contribution in [0.2, 0.25) is 0 Å². The zero-order chi connectivity index (χ0) is 50.3. The smallest absolute Gasteiger partial charge is 0.220 e. The Morgan fingerprint density at radius 2 is 0.971 bits per heavy atom. The molecule has 12 atom stereocenters. The number of carbonyl (C=O) groups excluding carboxylic acids is 1. The van der Waals surface area contributed by atoms with Gasteiger partial charge in [0.05, 0.1) is 32.0 Å². The van der Waals surface area contributed by atoms with Crippen LogP contribution >= 0.6 is 0 Å². The zero-order valence-electron chi connectivity index (χ0n) is 41.2. The lowest BCUT2D eigenvalue weighted by atomic mass is 9.97. The Balaban J connectivity index is 1.81. The molecule has 0 spiro atoms. The third kappa shape index (κ3) is 27.0. The number of allylic oxidation sites excluding steroid dienone is 19. The van der Waals surface area contributed by atoms with Gasteiger partial charge in [-0.2, -0.15) is 0 Å². The first kappa shape index (κ1) is 61.5. The molecular weight excluding hydrogens is 883 g/mol. The summed E-state index contributed by atoms with van der Waals surface area (Å²) in [5.41, 5.74) is 0. The number of carbonyl (C=O) groups is 1. The Morgan fingerprint density at radius 3 is 1.51 bits per heavy atom. The number of rotatable bonds is 36. The second-order valence-electron chi connectivity index (χ2n) is 17.2. The molecule has 0 aromatic rings. The van der Waals surface area contributed by atoms with Crippen LogP contribution in [0.5, 0.6) is 0 Å². The molecule has 0 aromatic heterocycles. The lowest BCUT2D eigenvalue weighted by Crippen LogP contribution is -2.65. The van der Waals surface area contributed by atoms with Gasteiger partial charge in [-0.25, -0.2) is 0 Å². The maximum Gasteiger partial charge on any atom is 0.220 e. The number of amides is 1. The minimum atomic E-state index is -1.80. The highest BCUT2D eigenvalue weighted by atomic mass is 16.7. The molecule has 1 amide bonds. The summed E-state index contributed by atoms with van der Waals surface area (Å²) >= 11 is 0. The quantitative estimate of drug-likeness (QED) is 0.0236. The van der Waals surface area contributed by atoms with Crippen molar-refractivity contribution in [3.8, 4) is 0 Å². The molecule has 2 heterocycles. The van der Waals surface area contributed by atoms with Gasteiger partial charge in [-0.3, -0.25) is 4.79 Å². The summed E-state index contributed by atoms with van der Waals surface area (Å²) < 4.78 is 22.6. The van der Waals surface area contributed by atoms with Crippen molar-refractivity contribution in [3.63, 3.8) is 0 Å². The molecule has 2 rings (SSSR count). The number of unbranched alkanes of at least 4 members (excludes halogenated alkanes) is 5. The van der Waals surface area contributed by atoms with E-state index in [1.807, 2.05) is 6.08 Å². The monoisotopic (exact) mass is 970 g/mol. The van der Waals surface area contributed by atoms with Crippen molar-refractivity contribution < 1.29 is 64.6 Å². The van der Waals surface area contributed by atoms with E-state index in [2.05, 4.69) is 129 Å². The molecule has 69 heavy (non-hydrogen) atoms. The maximum absolute atomic E-state index is 13.1. The van der Waals surface area contributed by atoms with E-state index in [0.717, 1.165) is 89.9 Å². The van der Waals surface area contributed by atoms with Gasteiger partial charge >= 0.3 is 0 Å². The summed E-state index contributed by atoms with van der Waals surface area (Å²) in [5.74, 6) is -0.296. The fraction of sp³-hybridized carbons (Fsp3) is 0.618. The standard InChI is InChI=1S/C55H87NO13/c1-3-5-7-9-11-13-15-16-17-18-19-20-21-22-23-24-25-26-27-28-29-31-33-35-37-39-47(60)56-43(44(59)38-36-34-32-30-14-12-10-8-6-4-2)42-66-54-52(65)50(63)53(46(41-58)68-54)69-55-51(64)49(62)48(61)45(40-57)67-55/h5-8,11,13-14,16-17,19-20,22-23,25-26,28-30,36,38,43-46,48-55,57-59,61-65H,3-4,9-10,12,15,18,21,24,27,31-35,37,39-42H2,1-2H3,(H,56,60)/b7-5-,8-6+,13-11-,17-16-,20-19-,23-22-,26-25-,29-28-,30-14+,38-36+. The normalized spacial score (nSPS) is 27.2. The van der Waals surface area contributed by atoms with E-state index in [4.69, 9.17) is 18.9 Å². The number of hydrogen-bond donors (Lipinski definition) is 9. The SMILES string of the molecule is CC/C=C\C/C=C\C/C=C\C/C=C\C/C=C\C/C=C\C/C=C\CCCCCC(=O)NC(COC1OC(CO)C(OC2OC(CO)C(O)C(O)C2O)C(O)C1O)C(O)/C=C/CC/C=C/CC/C=C/CC. The van der Waals surface area contributed by atoms with Crippen LogP contribution in [-0.4, -0.2) is 140 Å². The average molecular weight is 970 g/mol. The van der Waals surface area contributed by atoms with Crippen LogP contribution in [0.3, 0.4) is 0 Å². The van der Waals surface area contributed by atoms with Crippen LogP contribution in [-0.2, 0) is 23.7 Å². The van der Waals surface area contributed by atoms with Gasteiger partial charge in [0, 0.05) is 6.42 Å². The first-order valence-electron chi connectivity index (χ1n) is 25.3. The highest BCUT2D eigenvalue weighted by molar-refractivity contribution is 5.76. The molecule has 2 aliphatic heterocycles. The zero-order valence-corrected chi connectivity index (χ0v) is 41.2.